The number of phenolic OH excluding ortho intramolecular Hbond substituents is 1. The van der Waals surface area contributed by atoms with E-state index in [9.17, 15) is 14.7 Å². The lowest BCUT2D eigenvalue weighted by Gasteiger charge is -2.03. The first-order chi connectivity index (χ1) is 7.63. The van der Waals surface area contributed by atoms with Crippen molar-refractivity contribution in [2.75, 3.05) is 7.11 Å². The SMILES string of the molecule is COC(=O)c1cc(=O)oc2c(O)cccc12. The van der Waals surface area contributed by atoms with E-state index in [0.717, 1.165) is 6.07 Å². The second kappa shape index (κ2) is 3.69. The molecule has 0 saturated heterocycles. The van der Waals surface area contributed by atoms with Gasteiger partial charge in [0, 0.05) is 11.5 Å². The molecule has 0 spiro atoms. The van der Waals surface area contributed by atoms with Crippen molar-refractivity contribution in [3.05, 3.63) is 40.2 Å². The summed E-state index contributed by atoms with van der Waals surface area (Å²) in [4.78, 5) is 22.6. The van der Waals surface area contributed by atoms with E-state index in [4.69, 9.17) is 4.42 Å². The van der Waals surface area contributed by atoms with Crippen molar-refractivity contribution < 1.29 is 19.1 Å². The largest absolute Gasteiger partial charge is 0.504 e. The van der Waals surface area contributed by atoms with E-state index in [-0.39, 0.29) is 16.9 Å². The molecule has 82 valence electrons. The number of hydrogen-bond acceptors (Lipinski definition) is 5. The first-order valence-electron chi connectivity index (χ1n) is 4.47. The minimum Gasteiger partial charge on any atom is -0.504 e. The van der Waals surface area contributed by atoms with Crippen LogP contribution in [-0.2, 0) is 4.74 Å². The van der Waals surface area contributed by atoms with E-state index in [1.165, 1.54) is 13.2 Å². The predicted molar refractivity (Wildman–Crippen MR) is 55.5 cm³/mol. The second-order valence-corrected chi connectivity index (χ2v) is 3.12. The van der Waals surface area contributed by atoms with Crippen LogP contribution in [0.3, 0.4) is 0 Å². The third-order valence-electron chi connectivity index (χ3n) is 2.15. The van der Waals surface area contributed by atoms with Crippen LogP contribution >= 0.6 is 0 Å². The molecule has 1 aromatic heterocycles. The van der Waals surface area contributed by atoms with E-state index in [1.807, 2.05) is 0 Å². The molecule has 0 radical (unpaired) electrons. The fraction of sp³-hybridized carbons (Fsp3) is 0.0909. The molecule has 0 amide bonds. The van der Waals surface area contributed by atoms with Gasteiger partial charge in [0.25, 0.3) is 0 Å². The number of para-hydroxylation sites is 1. The Hall–Kier alpha value is -2.30. The molecule has 0 unspecified atom stereocenters. The zero-order valence-corrected chi connectivity index (χ0v) is 8.39. The summed E-state index contributed by atoms with van der Waals surface area (Å²) < 4.78 is 9.35. The maximum atomic E-state index is 11.4. The number of aromatic hydroxyl groups is 1. The lowest BCUT2D eigenvalue weighted by molar-refractivity contribution is 0.0602. The van der Waals surface area contributed by atoms with Gasteiger partial charge in [0.05, 0.1) is 12.7 Å². The van der Waals surface area contributed by atoms with Gasteiger partial charge in [0.15, 0.2) is 11.3 Å². The van der Waals surface area contributed by atoms with Crippen molar-refractivity contribution in [2.45, 2.75) is 0 Å². The van der Waals surface area contributed by atoms with Crippen LogP contribution in [0.25, 0.3) is 11.0 Å². The van der Waals surface area contributed by atoms with Crippen molar-refractivity contribution >= 4 is 16.9 Å². The summed E-state index contributed by atoms with van der Waals surface area (Å²) in [5.41, 5.74) is -0.658. The summed E-state index contributed by atoms with van der Waals surface area (Å²) in [6.45, 7) is 0. The van der Waals surface area contributed by atoms with Gasteiger partial charge in [-0.25, -0.2) is 9.59 Å². The number of rotatable bonds is 1. The highest BCUT2D eigenvalue weighted by atomic mass is 16.5. The highest BCUT2D eigenvalue weighted by Crippen LogP contribution is 2.25. The highest BCUT2D eigenvalue weighted by molar-refractivity contribution is 6.03. The second-order valence-electron chi connectivity index (χ2n) is 3.12. The summed E-state index contributed by atoms with van der Waals surface area (Å²) in [5.74, 6) is -0.844. The fourth-order valence-electron chi connectivity index (χ4n) is 1.45. The Morgan fingerprint density at radius 1 is 1.44 bits per heavy atom. The minimum atomic E-state index is -0.714. The Morgan fingerprint density at radius 3 is 2.88 bits per heavy atom. The molecule has 5 nitrogen and oxygen atoms in total. The molecule has 0 aliphatic heterocycles. The van der Waals surface area contributed by atoms with Gasteiger partial charge in [0.1, 0.15) is 0 Å². The highest BCUT2D eigenvalue weighted by Gasteiger charge is 2.14. The van der Waals surface area contributed by atoms with Crippen LogP contribution in [0, 0.1) is 0 Å². The Kier molecular flexibility index (Phi) is 2.36. The number of fused-ring (bicyclic) bond motifs is 1. The first-order valence-corrected chi connectivity index (χ1v) is 4.47. The average Bonchev–Trinajstić information content (AvgIpc) is 2.28. The zero-order valence-electron chi connectivity index (χ0n) is 8.39. The van der Waals surface area contributed by atoms with Gasteiger partial charge in [0.2, 0.25) is 0 Å². The number of carbonyl (C=O) groups excluding carboxylic acids is 1. The van der Waals surface area contributed by atoms with E-state index in [0.29, 0.717) is 5.39 Å². The van der Waals surface area contributed by atoms with Gasteiger partial charge in [-0.1, -0.05) is 12.1 Å². The normalized spacial score (nSPS) is 10.3. The van der Waals surface area contributed by atoms with Crippen LogP contribution in [-0.4, -0.2) is 18.2 Å². The van der Waals surface area contributed by atoms with Gasteiger partial charge in [-0.15, -0.1) is 0 Å². The molecule has 2 rings (SSSR count). The third kappa shape index (κ3) is 1.52. The van der Waals surface area contributed by atoms with Crippen molar-refractivity contribution in [1.82, 2.24) is 0 Å². The molecule has 0 bridgehead atoms. The summed E-state index contributed by atoms with van der Waals surface area (Å²) in [7, 11) is 1.21. The summed E-state index contributed by atoms with van der Waals surface area (Å²) in [5, 5.41) is 9.83. The van der Waals surface area contributed by atoms with E-state index in [2.05, 4.69) is 4.74 Å². The van der Waals surface area contributed by atoms with Crippen molar-refractivity contribution in [1.29, 1.82) is 0 Å². The molecular formula is C11H8O5. The maximum Gasteiger partial charge on any atom is 0.338 e. The molecule has 0 atom stereocenters. The fourth-order valence-corrected chi connectivity index (χ4v) is 1.45. The van der Waals surface area contributed by atoms with Gasteiger partial charge >= 0.3 is 11.6 Å². The number of carbonyl (C=O) groups is 1. The van der Waals surface area contributed by atoms with Crippen LogP contribution in [0.4, 0.5) is 0 Å². The van der Waals surface area contributed by atoms with Gasteiger partial charge in [-0.3, -0.25) is 0 Å². The molecule has 2 aromatic rings. The topological polar surface area (TPSA) is 76.7 Å². The predicted octanol–water partition coefficient (Wildman–Crippen LogP) is 1.29. The third-order valence-corrected chi connectivity index (χ3v) is 2.15. The van der Waals surface area contributed by atoms with Crippen molar-refractivity contribution in [2.24, 2.45) is 0 Å². The molecule has 1 heterocycles. The van der Waals surface area contributed by atoms with Crippen LogP contribution in [0.15, 0.2) is 33.5 Å². The monoisotopic (exact) mass is 220 g/mol. The summed E-state index contributed by atoms with van der Waals surface area (Å²) in [6, 6.07) is 5.51. The molecule has 5 heteroatoms. The Bertz CT molecular complexity index is 611. The molecule has 0 fully saturated rings. The van der Waals surface area contributed by atoms with E-state index >= 15 is 0 Å². The molecule has 0 saturated carbocycles. The smallest absolute Gasteiger partial charge is 0.338 e. The van der Waals surface area contributed by atoms with Gasteiger partial charge in [-0.05, 0) is 6.07 Å². The Balaban J connectivity index is 2.88. The van der Waals surface area contributed by atoms with Crippen LogP contribution in [0.1, 0.15) is 10.4 Å². The first kappa shape index (κ1) is 10.2. The number of esters is 1. The molecule has 0 aliphatic carbocycles. The number of hydrogen-bond donors (Lipinski definition) is 1. The van der Waals surface area contributed by atoms with E-state index < -0.39 is 11.6 Å². The quantitative estimate of drug-likeness (QED) is 0.578. The number of methoxy groups -OCH3 is 1. The number of ether oxygens (including phenoxy) is 1. The van der Waals surface area contributed by atoms with Crippen LogP contribution < -0.4 is 5.63 Å². The number of benzene rings is 1. The average molecular weight is 220 g/mol. The maximum absolute atomic E-state index is 11.4. The molecule has 16 heavy (non-hydrogen) atoms. The number of phenols is 1. The summed E-state index contributed by atoms with van der Waals surface area (Å²) in [6.07, 6.45) is 0. The summed E-state index contributed by atoms with van der Waals surface area (Å²) >= 11 is 0. The Morgan fingerprint density at radius 2 is 2.19 bits per heavy atom. The molecular weight excluding hydrogens is 212 g/mol. The van der Waals surface area contributed by atoms with Gasteiger partial charge in [-0.2, -0.15) is 0 Å². The molecule has 1 aromatic carbocycles. The zero-order chi connectivity index (χ0) is 11.7. The van der Waals surface area contributed by atoms with Crippen molar-refractivity contribution in [3.8, 4) is 5.75 Å². The lowest BCUT2D eigenvalue weighted by atomic mass is 10.1. The molecule has 0 aliphatic rings. The molecule has 1 N–H and O–H groups in total. The minimum absolute atomic E-state index is 0.0181. The van der Waals surface area contributed by atoms with Crippen LogP contribution in [0.5, 0.6) is 5.75 Å². The standard InChI is InChI=1S/C11H8O5/c1-15-11(14)7-5-9(13)16-10-6(7)3-2-4-8(10)12/h2-5,12H,1H3. The lowest BCUT2D eigenvalue weighted by Crippen LogP contribution is -2.08. The van der Waals surface area contributed by atoms with Crippen LogP contribution in [0.2, 0.25) is 0 Å². The van der Waals surface area contributed by atoms with Gasteiger partial charge < -0.3 is 14.3 Å². The van der Waals surface area contributed by atoms with E-state index in [1.54, 1.807) is 12.1 Å². The van der Waals surface area contributed by atoms with Crippen molar-refractivity contribution in [3.63, 3.8) is 0 Å². The Labute approximate surface area is 89.9 Å².